The Kier molecular flexibility index (Phi) is 6.17. The van der Waals surface area contributed by atoms with Crippen LogP contribution in [0.5, 0.6) is 5.75 Å². The number of thiophene rings is 1. The minimum atomic E-state index is -3.67. The van der Waals surface area contributed by atoms with E-state index in [1.165, 1.54) is 21.3 Å². The molecule has 0 saturated carbocycles. The topological polar surface area (TPSA) is 75.7 Å². The van der Waals surface area contributed by atoms with Gasteiger partial charge in [-0.15, -0.1) is 11.3 Å². The lowest BCUT2D eigenvalue weighted by molar-refractivity contribution is 0.0946. The first kappa shape index (κ1) is 20.6. The molecule has 1 N–H and O–H groups in total. The van der Waals surface area contributed by atoms with Gasteiger partial charge in [-0.05, 0) is 53.8 Å². The second-order valence-electron chi connectivity index (χ2n) is 6.90. The molecule has 8 heteroatoms. The van der Waals surface area contributed by atoms with E-state index in [9.17, 15) is 13.2 Å². The molecule has 4 rings (SSSR count). The van der Waals surface area contributed by atoms with Gasteiger partial charge in [0.15, 0.2) is 0 Å². The molecule has 0 fully saturated rings. The molecule has 0 aliphatic carbocycles. The Morgan fingerprint density at radius 3 is 2.77 bits per heavy atom. The lowest BCUT2D eigenvalue weighted by Crippen LogP contribution is -2.35. The van der Waals surface area contributed by atoms with Gasteiger partial charge in [0.25, 0.3) is 5.91 Å². The van der Waals surface area contributed by atoms with E-state index < -0.39 is 10.0 Å². The van der Waals surface area contributed by atoms with E-state index >= 15 is 0 Å². The highest BCUT2D eigenvalue weighted by atomic mass is 32.2. The first-order valence-electron chi connectivity index (χ1n) is 9.65. The van der Waals surface area contributed by atoms with Gasteiger partial charge in [0.05, 0.1) is 11.4 Å². The molecule has 1 amide bonds. The Balaban J connectivity index is 1.38. The number of para-hydroxylation sites is 1. The van der Waals surface area contributed by atoms with Gasteiger partial charge < -0.3 is 10.1 Å². The number of carbonyl (C=O) groups excluding carboxylic acids is 1. The number of hydrogen-bond acceptors (Lipinski definition) is 5. The van der Waals surface area contributed by atoms with Crippen molar-refractivity contribution in [1.29, 1.82) is 0 Å². The fourth-order valence-electron chi connectivity index (χ4n) is 3.33. The first-order chi connectivity index (χ1) is 14.5. The summed E-state index contributed by atoms with van der Waals surface area (Å²) in [4.78, 5) is 13.8. The highest BCUT2D eigenvalue weighted by Gasteiger charge is 2.29. The largest absolute Gasteiger partial charge is 0.492 e. The van der Waals surface area contributed by atoms with Crippen LogP contribution in [0.4, 0.5) is 0 Å². The van der Waals surface area contributed by atoms with E-state index in [-0.39, 0.29) is 10.8 Å². The fourth-order valence-corrected chi connectivity index (χ4v) is 5.68. The second-order valence-corrected chi connectivity index (χ2v) is 9.84. The van der Waals surface area contributed by atoms with Crippen LogP contribution in [0.15, 0.2) is 70.9 Å². The van der Waals surface area contributed by atoms with Crippen molar-refractivity contribution in [2.75, 3.05) is 19.7 Å². The van der Waals surface area contributed by atoms with E-state index in [1.54, 1.807) is 23.5 Å². The van der Waals surface area contributed by atoms with Gasteiger partial charge in [0.1, 0.15) is 12.4 Å². The average molecular weight is 443 g/mol. The minimum absolute atomic E-state index is 0.134. The van der Waals surface area contributed by atoms with Crippen molar-refractivity contribution < 1.29 is 17.9 Å². The fraction of sp³-hybridized carbons (Fsp3) is 0.227. The highest BCUT2D eigenvalue weighted by molar-refractivity contribution is 7.89. The van der Waals surface area contributed by atoms with Gasteiger partial charge in [-0.25, -0.2) is 8.42 Å². The van der Waals surface area contributed by atoms with Gasteiger partial charge in [-0.3, -0.25) is 4.79 Å². The summed E-state index contributed by atoms with van der Waals surface area (Å²) >= 11 is 1.66. The molecule has 0 unspecified atom stereocenters. The van der Waals surface area contributed by atoms with Crippen molar-refractivity contribution >= 4 is 27.3 Å². The summed E-state index contributed by atoms with van der Waals surface area (Å²) in [5, 5.41) is 4.76. The van der Waals surface area contributed by atoms with Crippen LogP contribution in [0.2, 0.25) is 0 Å². The molecule has 0 saturated heterocycles. The molecule has 2 aromatic carbocycles. The Morgan fingerprint density at radius 2 is 1.93 bits per heavy atom. The summed E-state index contributed by atoms with van der Waals surface area (Å²) in [7, 11) is -3.67. The molecule has 0 radical (unpaired) electrons. The van der Waals surface area contributed by atoms with E-state index in [4.69, 9.17) is 4.74 Å². The Hall–Kier alpha value is -2.68. The number of nitrogens with zero attached hydrogens (tertiary/aromatic N) is 1. The summed E-state index contributed by atoms with van der Waals surface area (Å²) in [6.07, 6.45) is 0.716. The minimum Gasteiger partial charge on any atom is -0.492 e. The molecule has 2 heterocycles. The monoisotopic (exact) mass is 442 g/mol. The number of fused-ring (bicyclic) bond motifs is 1. The Bertz CT molecular complexity index is 1130. The van der Waals surface area contributed by atoms with Gasteiger partial charge >= 0.3 is 0 Å². The summed E-state index contributed by atoms with van der Waals surface area (Å²) < 4.78 is 33.2. The number of carbonyl (C=O) groups is 1. The standard InChI is InChI=1S/C22H22N2O4S2/c25-22(23-11-13-28-19-6-2-1-3-7-19)17-5-4-8-20(15-17)30(26,27)24-12-9-21-18(16-24)10-14-29-21/h1-8,10,14-15H,9,11-13,16H2,(H,23,25). The number of amides is 1. The van der Waals surface area contributed by atoms with Gasteiger partial charge in [0, 0.05) is 23.5 Å². The van der Waals surface area contributed by atoms with E-state index in [0.29, 0.717) is 38.2 Å². The maximum Gasteiger partial charge on any atom is 0.251 e. The zero-order valence-corrected chi connectivity index (χ0v) is 17.9. The molecule has 0 atom stereocenters. The zero-order chi connectivity index (χ0) is 21.0. The van der Waals surface area contributed by atoms with Crippen molar-refractivity contribution in [2.45, 2.75) is 17.9 Å². The summed E-state index contributed by atoms with van der Waals surface area (Å²) in [6, 6.07) is 17.5. The van der Waals surface area contributed by atoms with Crippen LogP contribution in [0.25, 0.3) is 0 Å². The predicted molar refractivity (Wildman–Crippen MR) is 116 cm³/mol. The third kappa shape index (κ3) is 4.56. The maximum atomic E-state index is 13.1. The van der Waals surface area contributed by atoms with Crippen molar-refractivity contribution in [2.24, 2.45) is 0 Å². The highest BCUT2D eigenvalue weighted by Crippen LogP contribution is 2.28. The summed E-state index contributed by atoms with van der Waals surface area (Å²) in [5.41, 5.74) is 1.37. The van der Waals surface area contributed by atoms with Gasteiger partial charge in [0.2, 0.25) is 10.0 Å². The third-order valence-electron chi connectivity index (χ3n) is 4.91. The molecule has 156 valence electrons. The molecule has 1 aromatic heterocycles. The van der Waals surface area contributed by atoms with Crippen LogP contribution in [0, 0.1) is 0 Å². The summed E-state index contributed by atoms with van der Waals surface area (Å²) in [5.74, 6) is 0.401. The quantitative estimate of drug-likeness (QED) is 0.570. The zero-order valence-electron chi connectivity index (χ0n) is 16.3. The second kappa shape index (κ2) is 8.99. The van der Waals surface area contributed by atoms with Crippen molar-refractivity contribution in [1.82, 2.24) is 9.62 Å². The van der Waals surface area contributed by atoms with E-state index in [0.717, 1.165) is 11.3 Å². The first-order valence-corrected chi connectivity index (χ1v) is 12.0. The molecule has 6 nitrogen and oxygen atoms in total. The molecule has 1 aliphatic rings. The molecule has 0 spiro atoms. The van der Waals surface area contributed by atoms with E-state index in [1.807, 2.05) is 41.8 Å². The molecule has 30 heavy (non-hydrogen) atoms. The van der Waals surface area contributed by atoms with Crippen LogP contribution in [0.1, 0.15) is 20.8 Å². The van der Waals surface area contributed by atoms with Gasteiger partial charge in [-0.2, -0.15) is 4.31 Å². The van der Waals surface area contributed by atoms with Crippen LogP contribution < -0.4 is 10.1 Å². The van der Waals surface area contributed by atoms with E-state index in [2.05, 4.69) is 5.32 Å². The van der Waals surface area contributed by atoms with Crippen molar-refractivity contribution in [3.63, 3.8) is 0 Å². The van der Waals surface area contributed by atoms with Crippen molar-refractivity contribution in [3.8, 4) is 5.75 Å². The van der Waals surface area contributed by atoms with Gasteiger partial charge in [-0.1, -0.05) is 24.3 Å². The number of ether oxygens (including phenoxy) is 1. The number of nitrogens with one attached hydrogen (secondary N) is 1. The maximum absolute atomic E-state index is 13.1. The molecular formula is C22H22N2O4S2. The van der Waals surface area contributed by atoms with Crippen LogP contribution in [-0.2, 0) is 23.0 Å². The van der Waals surface area contributed by atoms with Crippen molar-refractivity contribution in [3.05, 3.63) is 82.0 Å². The van der Waals surface area contributed by atoms with Crippen LogP contribution in [0.3, 0.4) is 0 Å². The molecule has 3 aromatic rings. The number of sulfonamides is 1. The third-order valence-corrected chi connectivity index (χ3v) is 7.77. The molecule has 1 aliphatic heterocycles. The Labute approximate surface area is 180 Å². The smallest absolute Gasteiger partial charge is 0.251 e. The SMILES string of the molecule is O=C(NCCOc1ccccc1)c1cccc(S(=O)(=O)N2CCc3sccc3C2)c1. The predicted octanol–water partition coefficient (Wildman–Crippen LogP) is 3.30. The lowest BCUT2D eigenvalue weighted by atomic mass is 10.1. The number of rotatable bonds is 7. The number of hydrogen-bond donors (Lipinski definition) is 1. The average Bonchev–Trinajstić information content (AvgIpc) is 3.25. The normalized spacial score (nSPS) is 14.1. The Morgan fingerprint density at radius 1 is 1.10 bits per heavy atom. The summed E-state index contributed by atoms with van der Waals surface area (Å²) in [6.45, 7) is 1.46. The lowest BCUT2D eigenvalue weighted by Gasteiger charge is -2.26. The number of benzene rings is 2. The molecule has 0 bridgehead atoms. The molecular weight excluding hydrogens is 420 g/mol. The van der Waals surface area contributed by atoms with Crippen LogP contribution >= 0.6 is 11.3 Å². The van der Waals surface area contributed by atoms with Crippen LogP contribution in [-0.4, -0.2) is 38.3 Å².